The van der Waals surface area contributed by atoms with Gasteiger partial charge in [-0.1, -0.05) is 173 Å². The maximum absolute atomic E-state index is 13.0. The molecule has 0 heterocycles. The van der Waals surface area contributed by atoms with E-state index in [9.17, 15) is 22.6 Å². The number of hydrogen-bond acceptors (Lipinski definition) is 7. The number of benzene rings is 1. The first-order chi connectivity index (χ1) is 26.3. The molecule has 7 nitrogen and oxygen atoms in total. The van der Waals surface area contributed by atoms with Gasteiger partial charge in [0, 0.05) is 0 Å². The Labute approximate surface area is 359 Å². The van der Waals surface area contributed by atoms with Crippen molar-refractivity contribution in [2.75, 3.05) is 13.2 Å². The molecule has 1 aromatic carbocycles. The van der Waals surface area contributed by atoms with Crippen LogP contribution >= 0.6 is 0 Å². The second-order valence-electron chi connectivity index (χ2n) is 15.0. The molecule has 55 heavy (non-hydrogen) atoms. The molecule has 1 aromatic rings. The second kappa shape index (κ2) is 38.1. The van der Waals surface area contributed by atoms with Crippen molar-refractivity contribution >= 4 is 22.1 Å². The summed E-state index contributed by atoms with van der Waals surface area (Å²) >= 11 is 0. The van der Waals surface area contributed by atoms with E-state index >= 15 is 0 Å². The maximum Gasteiger partial charge on any atom is 1.00 e. The van der Waals surface area contributed by atoms with Crippen molar-refractivity contribution in [1.82, 2.24) is 0 Å². The average Bonchev–Trinajstić information content (AvgIpc) is 3.16. The summed E-state index contributed by atoms with van der Waals surface area (Å²) in [6.07, 6.45) is 44.9. The van der Waals surface area contributed by atoms with Gasteiger partial charge in [0.1, 0.15) is 10.1 Å². The summed E-state index contributed by atoms with van der Waals surface area (Å²) in [7, 11) is -5.03. The largest absolute Gasteiger partial charge is 1.00 e. The minimum Gasteiger partial charge on any atom is -0.744 e. The normalized spacial score (nSPS) is 11.7. The molecule has 1 rings (SSSR count). The third-order valence-electron chi connectivity index (χ3n) is 10.00. The molecule has 0 spiro atoms. The molecule has 0 atom stereocenters. The molecule has 0 saturated heterocycles. The number of unbranched alkanes of at least 4 members (excludes halogenated alkanes) is 26. The van der Waals surface area contributed by atoms with E-state index in [1.807, 2.05) is 0 Å². The number of hydrogen-bond donors (Lipinski definition) is 0. The first kappa shape index (κ1) is 53.6. The Kier molecular flexibility index (Phi) is 37.1. The van der Waals surface area contributed by atoms with Crippen molar-refractivity contribution in [3.63, 3.8) is 0 Å². The zero-order valence-electron chi connectivity index (χ0n) is 35.4. The summed E-state index contributed by atoms with van der Waals surface area (Å²) in [5, 5.41) is 0. The van der Waals surface area contributed by atoms with Crippen molar-refractivity contribution < 1.29 is 61.6 Å². The van der Waals surface area contributed by atoms with Crippen molar-refractivity contribution in [2.45, 2.75) is 211 Å². The van der Waals surface area contributed by atoms with E-state index in [1.54, 1.807) is 0 Å². The van der Waals surface area contributed by atoms with Gasteiger partial charge in [-0.05, 0) is 76.3 Å². The molecule has 0 radical (unpaired) electrons. The van der Waals surface area contributed by atoms with Crippen molar-refractivity contribution in [2.24, 2.45) is 0 Å². The minimum absolute atomic E-state index is 0. The van der Waals surface area contributed by atoms with Gasteiger partial charge in [-0.25, -0.2) is 18.0 Å². The van der Waals surface area contributed by atoms with Crippen LogP contribution in [0, 0.1) is 0 Å². The van der Waals surface area contributed by atoms with Crippen LogP contribution in [0.1, 0.15) is 227 Å². The molecular weight excluding hydrogens is 720 g/mol. The van der Waals surface area contributed by atoms with Gasteiger partial charge in [0.2, 0.25) is 0 Å². The Morgan fingerprint density at radius 2 is 0.836 bits per heavy atom. The Bertz CT molecular complexity index is 1240. The fraction of sp³-hybridized carbons (Fsp3) is 0.739. The van der Waals surface area contributed by atoms with Crippen molar-refractivity contribution in [1.29, 1.82) is 0 Å². The van der Waals surface area contributed by atoms with E-state index < -0.39 is 32.5 Å². The standard InChI is InChI=1S/C46H78O7S.Na/c1-3-5-7-9-11-13-15-17-19-21-23-25-27-29-31-33-35-40-52-45(47)42-38-37-39-43(54(49,50)51)44(42)46(48)53-41-36-34-32-30-28-26-24-22-20-18-16-14-12-10-8-6-4-2;/h27-30,37-39H,3-26,31-36,40-41H2,1-2H3,(H,49,50,51);/q;+1/p-1/b29-27+,30-28+;. The predicted molar refractivity (Wildman–Crippen MR) is 223 cm³/mol. The first-order valence-electron chi connectivity index (χ1n) is 22.1. The van der Waals surface area contributed by atoms with Crippen molar-refractivity contribution in [3.05, 3.63) is 53.6 Å². The number of rotatable bonds is 37. The van der Waals surface area contributed by atoms with E-state index in [-0.39, 0.29) is 48.3 Å². The summed E-state index contributed by atoms with van der Waals surface area (Å²) in [6.45, 7) is 4.69. The molecule has 0 saturated carbocycles. The summed E-state index contributed by atoms with van der Waals surface area (Å²) in [4.78, 5) is 25.1. The topological polar surface area (TPSA) is 110 Å². The second-order valence-corrected chi connectivity index (χ2v) is 16.3. The Morgan fingerprint density at radius 1 is 0.509 bits per heavy atom. The third-order valence-corrected chi connectivity index (χ3v) is 10.9. The third kappa shape index (κ3) is 30.3. The van der Waals surface area contributed by atoms with Gasteiger partial charge in [-0.15, -0.1) is 0 Å². The van der Waals surface area contributed by atoms with Crippen LogP contribution in [0.4, 0.5) is 0 Å². The van der Waals surface area contributed by atoms with Crippen LogP contribution in [-0.2, 0) is 19.6 Å². The Balaban J connectivity index is 0.0000292. The number of carbonyl (C=O) groups excluding carboxylic acids is 2. The molecule has 0 aliphatic heterocycles. The van der Waals surface area contributed by atoms with Gasteiger partial charge in [0.15, 0.2) is 0 Å². The van der Waals surface area contributed by atoms with E-state index in [0.717, 1.165) is 44.6 Å². The number of esters is 2. The van der Waals surface area contributed by atoms with Crippen LogP contribution in [0.2, 0.25) is 0 Å². The molecule has 9 heteroatoms. The van der Waals surface area contributed by atoms with E-state index in [4.69, 9.17) is 9.47 Å². The number of carbonyl (C=O) groups is 2. The summed E-state index contributed by atoms with van der Waals surface area (Å²) in [6, 6.07) is 3.59. The van der Waals surface area contributed by atoms with E-state index in [0.29, 0.717) is 12.8 Å². The number of ether oxygens (including phenoxy) is 2. The number of allylic oxidation sites excluding steroid dienone is 4. The predicted octanol–water partition coefficient (Wildman–Crippen LogP) is 10.8. The molecule has 0 aliphatic rings. The quantitative estimate of drug-likeness (QED) is 0.0217. The van der Waals surface area contributed by atoms with Crippen molar-refractivity contribution in [3.8, 4) is 0 Å². The van der Waals surface area contributed by atoms with Crippen LogP contribution in [0.25, 0.3) is 0 Å². The molecule has 0 fully saturated rings. The molecule has 310 valence electrons. The van der Waals surface area contributed by atoms with Crippen LogP contribution in [0.5, 0.6) is 0 Å². The Hall–Kier alpha value is -1.45. The first-order valence-corrected chi connectivity index (χ1v) is 23.5. The zero-order valence-corrected chi connectivity index (χ0v) is 38.3. The molecule has 0 N–H and O–H groups in total. The van der Waals surface area contributed by atoms with Gasteiger partial charge < -0.3 is 14.0 Å². The Morgan fingerprint density at radius 3 is 1.20 bits per heavy atom. The van der Waals surface area contributed by atoms with E-state index in [1.165, 1.54) is 153 Å². The van der Waals surface area contributed by atoms with Gasteiger partial charge in [-0.2, -0.15) is 0 Å². The molecule has 0 amide bonds. The summed E-state index contributed by atoms with van der Waals surface area (Å²) in [5.41, 5.74) is -0.816. The SMILES string of the molecule is CCCCCCCCCCCCC/C=C/CCCCOC(=O)c1cccc(S(=O)(=O)[O-])c1C(=O)OCCCC/C=C/CCCCCCCCCCCCC.[Na+]. The van der Waals surface area contributed by atoms with Gasteiger partial charge in [0.05, 0.1) is 29.2 Å². The molecule has 0 aliphatic carbocycles. The zero-order chi connectivity index (χ0) is 39.4. The van der Waals surface area contributed by atoms with Gasteiger partial charge in [0.25, 0.3) is 0 Å². The van der Waals surface area contributed by atoms with Gasteiger partial charge in [-0.3, -0.25) is 0 Å². The van der Waals surface area contributed by atoms with Crippen LogP contribution in [-0.4, -0.2) is 38.1 Å². The molecular formula is C46H77NaO7S. The van der Waals surface area contributed by atoms with Crippen LogP contribution in [0.15, 0.2) is 47.4 Å². The fourth-order valence-corrected chi connectivity index (χ4v) is 7.34. The van der Waals surface area contributed by atoms with Crippen LogP contribution in [0.3, 0.4) is 0 Å². The molecule has 0 bridgehead atoms. The summed E-state index contributed by atoms with van der Waals surface area (Å²) < 4.78 is 46.7. The van der Waals surface area contributed by atoms with E-state index in [2.05, 4.69) is 38.2 Å². The minimum atomic E-state index is -5.03. The molecule has 0 unspecified atom stereocenters. The van der Waals surface area contributed by atoms with Crippen LogP contribution < -0.4 is 29.6 Å². The van der Waals surface area contributed by atoms with Gasteiger partial charge >= 0.3 is 41.5 Å². The monoisotopic (exact) mass is 797 g/mol. The smallest absolute Gasteiger partial charge is 0.744 e. The fourth-order valence-electron chi connectivity index (χ4n) is 6.65. The maximum atomic E-state index is 13.0. The summed E-state index contributed by atoms with van der Waals surface area (Å²) in [5.74, 6) is -1.85. The molecule has 0 aromatic heterocycles. The average molecular weight is 797 g/mol.